The van der Waals surface area contributed by atoms with Crippen molar-refractivity contribution >= 4 is 15.9 Å². The maximum absolute atomic E-state index is 12.9. The van der Waals surface area contributed by atoms with Crippen molar-refractivity contribution in [2.75, 3.05) is 13.7 Å². The number of hydrogen-bond acceptors (Lipinski definition) is 4. The minimum atomic E-state index is -3.78. The number of unbranched alkanes of at least 4 members (excludes halogenated alkanes) is 4. The highest BCUT2D eigenvalue weighted by atomic mass is 32.2. The summed E-state index contributed by atoms with van der Waals surface area (Å²) in [4.78, 5) is 12.7. The molecule has 1 amide bonds. The van der Waals surface area contributed by atoms with Crippen molar-refractivity contribution in [1.29, 1.82) is 0 Å². The Bertz CT molecular complexity index is 910. The Morgan fingerprint density at radius 1 is 0.968 bits per heavy atom. The molecule has 0 saturated carbocycles. The minimum Gasteiger partial charge on any atom is -0.497 e. The van der Waals surface area contributed by atoms with E-state index in [0.717, 1.165) is 24.8 Å². The number of ether oxygens (including phenoxy) is 1. The Morgan fingerprint density at radius 3 is 2.23 bits per heavy atom. The lowest BCUT2D eigenvalue weighted by Crippen LogP contribution is -2.34. The van der Waals surface area contributed by atoms with Gasteiger partial charge in [-0.15, -0.1) is 0 Å². The lowest BCUT2D eigenvalue weighted by atomic mass is 10.0. The number of carbonyl (C=O) groups excluding carboxylic acids is 1. The molecule has 1 atom stereocenters. The summed E-state index contributed by atoms with van der Waals surface area (Å²) < 4.78 is 33.7. The Labute approximate surface area is 186 Å². The van der Waals surface area contributed by atoms with E-state index in [-0.39, 0.29) is 17.2 Å². The SMILES string of the molecule is CCCCCCCNC(=O)C[C@H](NS(=O)(=O)c1ccc(C)cc1)c1ccc(OC)cc1. The van der Waals surface area contributed by atoms with E-state index in [4.69, 9.17) is 4.74 Å². The summed E-state index contributed by atoms with van der Waals surface area (Å²) in [6, 6.07) is 13.0. The third kappa shape index (κ3) is 8.34. The maximum Gasteiger partial charge on any atom is 0.241 e. The number of benzene rings is 2. The zero-order valence-electron chi connectivity index (χ0n) is 18.7. The second-order valence-corrected chi connectivity index (χ2v) is 9.44. The number of rotatable bonds is 13. The molecule has 2 rings (SSSR count). The number of nitrogens with one attached hydrogen (secondary N) is 2. The number of aryl methyl sites for hydroxylation is 1. The maximum atomic E-state index is 12.9. The molecular weight excluding hydrogens is 412 g/mol. The highest BCUT2D eigenvalue weighted by Gasteiger charge is 2.24. The molecule has 0 saturated heterocycles. The van der Waals surface area contributed by atoms with Crippen molar-refractivity contribution in [3.05, 3.63) is 59.7 Å². The van der Waals surface area contributed by atoms with Gasteiger partial charge in [0.2, 0.25) is 15.9 Å². The van der Waals surface area contributed by atoms with E-state index in [0.29, 0.717) is 17.9 Å². The van der Waals surface area contributed by atoms with Gasteiger partial charge in [0.05, 0.1) is 18.0 Å². The predicted octanol–water partition coefficient (Wildman–Crippen LogP) is 4.50. The summed E-state index contributed by atoms with van der Waals surface area (Å²) in [5.41, 5.74) is 1.68. The third-order valence-electron chi connectivity index (χ3n) is 5.14. The van der Waals surface area contributed by atoms with Gasteiger partial charge in [-0.1, -0.05) is 62.4 Å². The molecular formula is C24H34N2O4S. The van der Waals surface area contributed by atoms with Crippen LogP contribution >= 0.6 is 0 Å². The van der Waals surface area contributed by atoms with E-state index in [1.54, 1.807) is 55.6 Å². The molecule has 0 bridgehead atoms. The van der Waals surface area contributed by atoms with Gasteiger partial charge in [-0.2, -0.15) is 0 Å². The molecule has 31 heavy (non-hydrogen) atoms. The summed E-state index contributed by atoms with van der Waals surface area (Å²) in [6.07, 6.45) is 5.57. The predicted molar refractivity (Wildman–Crippen MR) is 124 cm³/mol. The van der Waals surface area contributed by atoms with Gasteiger partial charge < -0.3 is 10.1 Å². The first-order chi connectivity index (χ1) is 14.9. The van der Waals surface area contributed by atoms with Crippen molar-refractivity contribution in [3.63, 3.8) is 0 Å². The first-order valence-corrected chi connectivity index (χ1v) is 12.3. The van der Waals surface area contributed by atoms with E-state index in [1.165, 1.54) is 12.8 Å². The summed E-state index contributed by atoms with van der Waals surface area (Å²) in [5, 5.41) is 2.92. The van der Waals surface area contributed by atoms with Crippen LogP contribution in [0.5, 0.6) is 5.75 Å². The molecule has 0 aliphatic rings. The van der Waals surface area contributed by atoms with E-state index in [2.05, 4.69) is 17.0 Å². The van der Waals surface area contributed by atoms with E-state index >= 15 is 0 Å². The molecule has 0 aromatic heterocycles. The topological polar surface area (TPSA) is 84.5 Å². The molecule has 0 aliphatic carbocycles. The summed E-state index contributed by atoms with van der Waals surface area (Å²) in [7, 11) is -2.21. The molecule has 2 aromatic carbocycles. The van der Waals surface area contributed by atoms with Crippen LogP contribution in [0, 0.1) is 6.92 Å². The normalized spacial score (nSPS) is 12.4. The summed E-state index contributed by atoms with van der Waals surface area (Å²) in [5.74, 6) is 0.489. The molecule has 0 aliphatic heterocycles. The Hall–Kier alpha value is -2.38. The molecule has 0 radical (unpaired) electrons. The fourth-order valence-electron chi connectivity index (χ4n) is 3.25. The van der Waals surface area contributed by atoms with Crippen LogP contribution in [0.1, 0.15) is 62.6 Å². The molecule has 0 fully saturated rings. The Balaban J connectivity index is 2.09. The zero-order valence-corrected chi connectivity index (χ0v) is 19.5. The van der Waals surface area contributed by atoms with Crippen molar-refractivity contribution in [3.8, 4) is 5.75 Å². The van der Waals surface area contributed by atoms with Crippen LogP contribution in [-0.4, -0.2) is 28.0 Å². The molecule has 170 valence electrons. The first-order valence-electron chi connectivity index (χ1n) is 10.9. The summed E-state index contributed by atoms with van der Waals surface area (Å²) >= 11 is 0. The highest BCUT2D eigenvalue weighted by Crippen LogP contribution is 2.23. The molecule has 6 nitrogen and oxygen atoms in total. The minimum absolute atomic E-state index is 0.0202. The fourth-order valence-corrected chi connectivity index (χ4v) is 4.47. The van der Waals surface area contributed by atoms with Crippen molar-refractivity contribution in [2.45, 2.75) is 63.3 Å². The molecule has 2 aromatic rings. The van der Waals surface area contributed by atoms with E-state index < -0.39 is 16.1 Å². The van der Waals surface area contributed by atoms with Gasteiger partial charge in [0.15, 0.2) is 0 Å². The van der Waals surface area contributed by atoms with Gasteiger partial charge >= 0.3 is 0 Å². The smallest absolute Gasteiger partial charge is 0.241 e. The first kappa shape index (κ1) is 24.9. The lowest BCUT2D eigenvalue weighted by Gasteiger charge is -2.19. The van der Waals surface area contributed by atoms with Crippen molar-refractivity contribution in [1.82, 2.24) is 10.0 Å². The van der Waals surface area contributed by atoms with Crippen LogP contribution < -0.4 is 14.8 Å². The zero-order chi connectivity index (χ0) is 22.7. The second-order valence-electron chi connectivity index (χ2n) is 7.73. The Kier molecular flexibility index (Phi) is 10.0. The van der Waals surface area contributed by atoms with Gasteiger partial charge in [-0.25, -0.2) is 13.1 Å². The van der Waals surface area contributed by atoms with Gasteiger partial charge in [0, 0.05) is 13.0 Å². The van der Waals surface area contributed by atoms with Crippen LogP contribution in [-0.2, 0) is 14.8 Å². The number of methoxy groups -OCH3 is 1. The Morgan fingerprint density at radius 2 is 1.61 bits per heavy atom. The van der Waals surface area contributed by atoms with Crippen molar-refractivity contribution < 1.29 is 17.9 Å². The monoisotopic (exact) mass is 446 g/mol. The quantitative estimate of drug-likeness (QED) is 0.444. The molecule has 0 unspecified atom stereocenters. The number of hydrogen-bond donors (Lipinski definition) is 2. The fraction of sp³-hybridized carbons (Fsp3) is 0.458. The average molecular weight is 447 g/mol. The van der Waals surface area contributed by atoms with Crippen LogP contribution in [0.3, 0.4) is 0 Å². The van der Waals surface area contributed by atoms with Crippen LogP contribution in [0.25, 0.3) is 0 Å². The standard InChI is InChI=1S/C24H34N2O4S/c1-4-5-6-7-8-17-25-24(27)18-23(20-11-13-21(30-3)14-12-20)26-31(28,29)22-15-9-19(2)10-16-22/h9-16,23,26H,4-8,17-18H2,1-3H3,(H,25,27)/t23-/m0/s1. The molecule has 0 heterocycles. The average Bonchev–Trinajstić information content (AvgIpc) is 2.76. The second kappa shape index (κ2) is 12.5. The van der Waals surface area contributed by atoms with Gasteiger partial charge in [-0.05, 0) is 43.2 Å². The van der Waals surface area contributed by atoms with Gasteiger partial charge in [0.1, 0.15) is 5.75 Å². The van der Waals surface area contributed by atoms with E-state index in [1.807, 2.05) is 6.92 Å². The number of carbonyl (C=O) groups is 1. The number of sulfonamides is 1. The highest BCUT2D eigenvalue weighted by molar-refractivity contribution is 7.89. The molecule has 0 spiro atoms. The lowest BCUT2D eigenvalue weighted by molar-refractivity contribution is -0.121. The third-order valence-corrected chi connectivity index (χ3v) is 6.63. The largest absolute Gasteiger partial charge is 0.497 e. The summed E-state index contributed by atoms with van der Waals surface area (Å²) in [6.45, 7) is 4.66. The van der Waals surface area contributed by atoms with Crippen LogP contribution in [0.15, 0.2) is 53.4 Å². The van der Waals surface area contributed by atoms with Crippen molar-refractivity contribution in [2.24, 2.45) is 0 Å². The van der Waals surface area contributed by atoms with Gasteiger partial charge in [-0.3, -0.25) is 4.79 Å². The molecule has 2 N–H and O–H groups in total. The number of amides is 1. The van der Waals surface area contributed by atoms with Crippen LogP contribution in [0.2, 0.25) is 0 Å². The molecule has 7 heteroatoms. The van der Waals surface area contributed by atoms with Crippen LogP contribution in [0.4, 0.5) is 0 Å². The van der Waals surface area contributed by atoms with Gasteiger partial charge in [0.25, 0.3) is 0 Å². The van der Waals surface area contributed by atoms with E-state index in [9.17, 15) is 13.2 Å².